The molecule has 0 bridgehead atoms. The Morgan fingerprint density at radius 3 is 2.57 bits per heavy atom. The molecule has 1 aromatic carbocycles. The Morgan fingerprint density at radius 1 is 1.29 bits per heavy atom. The van der Waals surface area contributed by atoms with Crippen LogP contribution in [0.25, 0.3) is 0 Å². The summed E-state index contributed by atoms with van der Waals surface area (Å²) in [4.78, 5) is 0. The zero-order valence-corrected chi connectivity index (χ0v) is 13.6. The number of benzene rings is 1. The van der Waals surface area contributed by atoms with Crippen LogP contribution in [0, 0.1) is 20.8 Å². The van der Waals surface area contributed by atoms with Crippen molar-refractivity contribution in [3.63, 3.8) is 0 Å². The highest BCUT2D eigenvalue weighted by molar-refractivity contribution is 5.43. The van der Waals surface area contributed by atoms with Crippen LogP contribution in [0.4, 0.5) is 0 Å². The third kappa shape index (κ3) is 3.45. The molecule has 0 aliphatic rings. The summed E-state index contributed by atoms with van der Waals surface area (Å²) in [6.07, 6.45) is 1.85. The molecule has 0 aliphatic carbocycles. The van der Waals surface area contributed by atoms with Crippen LogP contribution in [-0.2, 0) is 13.5 Å². The van der Waals surface area contributed by atoms with Crippen molar-refractivity contribution < 1.29 is 4.74 Å². The minimum atomic E-state index is 0.197. The fraction of sp³-hybridized carbons (Fsp3) is 0.471. The smallest absolute Gasteiger partial charge is 0.171 e. The van der Waals surface area contributed by atoms with Crippen molar-refractivity contribution in [2.75, 3.05) is 0 Å². The molecule has 4 heteroatoms. The van der Waals surface area contributed by atoms with Crippen molar-refractivity contribution in [2.45, 2.75) is 46.6 Å². The highest BCUT2D eigenvalue weighted by Crippen LogP contribution is 2.31. The number of aryl methyl sites for hydroxylation is 3. The average molecular weight is 287 g/mol. The van der Waals surface area contributed by atoms with E-state index in [0.717, 1.165) is 41.3 Å². The molecule has 2 aromatic rings. The number of hydrogen-bond donors (Lipinski definition) is 1. The van der Waals surface area contributed by atoms with Gasteiger partial charge >= 0.3 is 0 Å². The van der Waals surface area contributed by atoms with Gasteiger partial charge in [0.2, 0.25) is 0 Å². The van der Waals surface area contributed by atoms with Gasteiger partial charge in [-0.05, 0) is 50.8 Å². The van der Waals surface area contributed by atoms with Gasteiger partial charge in [0.1, 0.15) is 11.4 Å². The minimum absolute atomic E-state index is 0.197. The first-order valence-corrected chi connectivity index (χ1v) is 7.45. The molecular formula is C17H25N3O. The number of rotatable bonds is 5. The molecule has 1 aromatic heterocycles. The lowest BCUT2D eigenvalue weighted by molar-refractivity contribution is 0.469. The SMILES string of the molecule is CCC(N)Cc1ccc(C)c(Oc2c(C)nn(C)c2C)c1. The van der Waals surface area contributed by atoms with Crippen LogP contribution in [0.3, 0.4) is 0 Å². The molecule has 21 heavy (non-hydrogen) atoms. The third-order valence-corrected chi connectivity index (χ3v) is 3.93. The zero-order valence-electron chi connectivity index (χ0n) is 13.6. The Balaban J connectivity index is 2.29. The fourth-order valence-corrected chi connectivity index (χ4v) is 2.34. The summed E-state index contributed by atoms with van der Waals surface area (Å²) in [6.45, 7) is 8.15. The van der Waals surface area contributed by atoms with Crippen LogP contribution < -0.4 is 10.5 Å². The molecule has 0 aliphatic heterocycles. The summed E-state index contributed by atoms with van der Waals surface area (Å²) in [5, 5.41) is 4.39. The van der Waals surface area contributed by atoms with E-state index in [0.29, 0.717) is 0 Å². The summed E-state index contributed by atoms with van der Waals surface area (Å²) >= 11 is 0. The van der Waals surface area contributed by atoms with Gasteiger partial charge in [0.15, 0.2) is 5.75 Å². The summed E-state index contributed by atoms with van der Waals surface area (Å²) in [5.74, 6) is 1.73. The predicted octanol–water partition coefficient (Wildman–Crippen LogP) is 3.42. The van der Waals surface area contributed by atoms with E-state index in [1.165, 1.54) is 5.56 Å². The zero-order chi connectivity index (χ0) is 15.6. The second-order valence-corrected chi connectivity index (χ2v) is 5.70. The first kappa shape index (κ1) is 15.6. The lowest BCUT2D eigenvalue weighted by atomic mass is 10.0. The van der Waals surface area contributed by atoms with Crippen molar-refractivity contribution in [3.8, 4) is 11.5 Å². The van der Waals surface area contributed by atoms with Gasteiger partial charge in [-0.2, -0.15) is 5.10 Å². The molecule has 0 saturated carbocycles. The van der Waals surface area contributed by atoms with Crippen molar-refractivity contribution in [3.05, 3.63) is 40.7 Å². The second-order valence-electron chi connectivity index (χ2n) is 5.70. The van der Waals surface area contributed by atoms with Crippen molar-refractivity contribution in [1.29, 1.82) is 0 Å². The molecule has 0 radical (unpaired) electrons. The van der Waals surface area contributed by atoms with Crippen LogP contribution in [-0.4, -0.2) is 15.8 Å². The molecule has 1 heterocycles. The number of ether oxygens (including phenoxy) is 1. The maximum absolute atomic E-state index is 6.12. The normalized spacial score (nSPS) is 12.5. The van der Waals surface area contributed by atoms with E-state index in [4.69, 9.17) is 10.5 Å². The molecule has 114 valence electrons. The van der Waals surface area contributed by atoms with Crippen molar-refractivity contribution >= 4 is 0 Å². The third-order valence-electron chi connectivity index (χ3n) is 3.93. The molecule has 1 atom stereocenters. The van der Waals surface area contributed by atoms with Gasteiger partial charge in [0.25, 0.3) is 0 Å². The second kappa shape index (κ2) is 6.31. The lowest BCUT2D eigenvalue weighted by Crippen LogP contribution is -2.21. The molecule has 0 amide bonds. The van der Waals surface area contributed by atoms with Gasteiger partial charge in [-0.1, -0.05) is 19.1 Å². The van der Waals surface area contributed by atoms with E-state index < -0.39 is 0 Å². The standard InChI is InChI=1S/C17H25N3O/c1-6-15(18)9-14-8-7-11(2)16(10-14)21-17-12(3)19-20(5)13(17)4/h7-8,10,15H,6,9,18H2,1-5H3. The van der Waals surface area contributed by atoms with Crippen LogP contribution >= 0.6 is 0 Å². The quantitative estimate of drug-likeness (QED) is 0.916. The lowest BCUT2D eigenvalue weighted by Gasteiger charge is -2.13. The number of aromatic nitrogens is 2. The van der Waals surface area contributed by atoms with E-state index in [9.17, 15) is 0 Å². The highest BCUT2D eigenvalue weighted by atomic mass is 16.5. The van der Waals surface area contributed by atoms with Crippen molar-refractivity contribution in [2.24, 2.45) is 12.8 Å². The maximum atomic E-state index is 6.12. The Kier molecular flexibility index (Phi) is 4.68. The molecule has 2 rings (SSSR count). The summed E-state index contributed by atoms with van der Waals surface area (Å²) < 4.78 is 7.97. The molecule has 1 unspecified atom stereocenters. The predicted molar refractivity (Wildman–Crippen MR) is 85.9 cm³/mol. The van der Waals surface area contributed by atoms with Gasteiger partial charge in [0, 0.05) is 13.1 Å². The fourth-order valence-electron chi connectivity index (χ4n) is 2.34. The topological polar surface area (TPSA) is 53.1 Å². The van der Waals surface area contributed by atoms with Crippen molar-refractivity contribution in [1.82, 2.24) is 9.78 Å². The summed E-state index contributed by atoms with van der Waals surface area (Å²) in [5.41, 5.74) is 10.3. The van der Waals surface area contributed by atoms with E-state index in [1.807, 2.05) is 25.6 Å². The Labute approximate surface area is 126 Å². The number of hydrogen-bond acceptors (Lipinski definition) is 3. The first-order valence-electron chi connectivity index (χ1n) is 7.45. The summed E-state index contributed by atoms with van der Waals surface area (Å²) in [7, 11) is 1.93. The van der Waals surface area contributed by atoms with E-state index >= 15 is 0 Å². The Bertz CT molecular complexity index is 631. The van der Waals surface area contributed by atoms with Crippen LogP contribution in [0.2, 0.25) is 0 Å². The van der Waals surface area contributed by atoms with Crippen LogP contribution in [0.1, 0.15) is 35.9 Å². The van der Waals surface area contributed by atoms with Gasteiger partial charge in [-0.3, -0.25) is 4.68 Å². The van der Waals surface area contributed by atoms with Crippen LogP contribution in [0.15, 0.2) is 18.2 Å². The molecule has 2 N–H and O–H groups in total. The van der Waals surface area contributed by atoms with Gasteiger partial charge in [-0.15, -0.1) is 0 Å². The van der Waals surface area contributed by atoms with Gasteiger partial charge < -0.3 is 10.5 Å². The Morgan fingerprint density at radius 2 is 2.00 bits per heavy atom. The molecule has 0 spiro atoms. The largest absolute Gasteiger partial charge is 0.453 e. The number of nitrogens with zero attached hydrogens (tertiary/aromatic N) is 2. The van der Waals surface area contributed by atoms with E-state index in [2.05, 4.69) is 37.1 Å². The van der Waals surface area contributed by atoms with Gasteiger partial charge in [0.05, 0.1) is 5.69 Å². The first-order chi connectivity index (χ1) is 9.92. The van der Waals surface area contributed by atoms with Crippen LogP contribution in [0.5, 0.6) is 11.5 Å². The number of nitrogens with two attached hydrogens (primary N) is 1. The summed E-state index contributed by atoms with van der Waals surface area (Å²) in [6, 6.07) is 6.51. The van der Waals surface area contributed by atoms with E-state index in [1.54, 1.807) is 0 Å². The molecule has 4 nitrogen and oxygen atoms in total. The average Bonchev–Trinajstić information content (AvgIpc) is 2.68. The molecular weight excluding hydrogens is 262 g/mol. The monoisotopic (exact) mass is 287 g/mol. The maximum Gasteiger partial charge on any atom is 0.171 e. The Hall–Kier alpha value is -1.81. The minimum Gasteiger partial charge on any atom is -0.453 e. The van der Waals surface area contributed by atoms with E-state index in [-0.39, 0.29) is 6.04 Å². The van der Waals surface area contributed by atoms with Gasteiger partial charge in [-0.25, -0.2) is 0 Å². The highest BCUT2D eigenvalue weighted by Gasteiger charge is 2.13. The molecule has 0 saturated heterocycles. The molecule has 0 fully saturated rings.